The summed E-state index contributed by atoms with van der Waals surface area (Å²) in [4.78, 5) is 16.9. The number of methoxy groups -OCH3 is 3. The monoisotopic (exact) mass is 370 g/mol. The molecule has 1 N–H and O–H groups in total. The predicted octanol–water partition coefficient (Wildman–Crippen LogP) is 4.09. The second-order valence-corrected chi connectivity index (χ2v) is 6.17. The molecule has 0 atom stereocenters. The minimum atomic E-state index is -0.301. The molecule has 0 spiro atoms. The molecular formula is C19H18N2O4S. The molecule has 3 aromatic rings. The van der Waals surface area contributed by atoms with Gasteiger partial charge in [0, 0.05) is 35.0 Å². The van der Waals surface area contributed by atoms with Gasteiger partial charge in [-0.3, -0.25) is 4.79 Å². The first-order valence-electron chi connectivity index (χ1n) is 7.77. The maximum atomic E-state index is 12.7. The third-order valence-electron chi connectivity index (χ3n) is 3.77. The molecule has 0 saturated heterocycles. The van der Waals surface area contributed by atoms with E-state index >= 15 is 0 Å². The molecule has 0 bridgehead atoms. The fourth-order valence-corrected chi connectivity index (χ4v) is 3.11. The highest BCUT2D eigenvalue weighted by Crippen LogP contribution is 2.35. The highest BCUT2D eigenvalue weighted by atomic mass is 32.1. The lowest BCUT2D eigenvalue weighted by Crippen LogP contribution is -2.13. The summed E-state index contributed by atoms with van der Waals surface area (Å²) in [7, 11) is 4.55. The fourth-order valence-electron chi connectivity index (χ4n) is 2.47. The summed E-state index contributed by atoms with van der Waals surface area (Å²) in [6, 6.07) is 10.7. The summed E-state index contributed by atoms with van der Waals surface area (Å²) in [5, 5.41) is 5.72. The molecule has 1 heterocycles. The molecule has 2 aromatic carbocycles. The molecule has 0 radical (unpaired) electrons. The van der Waals surface area contributed by atoms with Crippen molar-refractivity contribution in [2.45, 2.75) is 0 Å². The van der Waals surface area contributed by atoms with Gasteiger partial charge in [0.1, 0.15) is 10.8 Å². The SMILES string of the molecule is COc1cc(OC)c(C(=O)Nc2ccc(-c3nccs3)cc2)cc1OC. The van der Waals surface area contributed by atoms with Crippen molar-refractivity contribution < 1.29 is 19.0 Å². The predicted molar refractivity (Wildman–Crippen MR) is 102 cm³/mol. The normalized spacial score (nSPS) is 10.3. The maximum absolute atomic E-state index is 12.7. The minimum Gasteiger partial charge on any atom is -0.496 e. The Labute approximate surface area is 155 Å². The number of aromatic nitrogens is 1. The van der Waals surface area contributed by atoms with Gasteiger partial charge in [-0.25, -0.2) is 4.98 Å². The number of thiazole rings is 1. The number of ether oxygens (including phenoxy) is 3. The van der Waals surface area contributed by atoms with Crippen LogP contribution in [0.3, 0.4) is 0 Å². The van der Waals surface area contributed by atoms with E-state index in [1.165, 1.54) is 21.3 Å². The second kappa shape index (κ2) is 7.88. The van der Waals surface area contributed by atoms with Gasteiger partial charge in [0.25, 0.3) is 5.91 Å². The third-order valence-corrected chi connectivity index (χ3v) is 4.59. The molecule has 1 aromatic heterocycles. The van der Waals surface area contributed by atoms with Crippen LogP contribution in [0.25, 0.3) is 10.6 Å². The van der Waals surface area contributed by atoms with Crippen molar-refractivity contribution in [3.05, 3.63) is 53.5 Å². The molecule has 134 valence electrons. The Hall–Kier alpha value is -3.06. The third kappa shape index (κ3) is 3.62. The largest absolute Gasteiger partial charge is 0.496 e. The Balaban J connectivity index is 1.83. The van der Waals surface area contributed by atoms with E-state index in [9.17, 15) is 4.79 Å². The molecule has 6 nitrogen and oxygen atoms in total. The van der Waals surface area contributed by atoms with Crippen LogP contribution >= 0.6 is 11.3 Å². The van der Waals surface area contributed by atoms with Gasteiger partial charge < -0.3 is 19.5 Å². The van der Waals surface area contributed by atoms with Gasteiger partial charge in [0.15, 0.2) is 11.5 Å². The number of nitrogens with zero attached hydrogens (tertiary/aromatic N) is 1. The summed E-state index contributed by atoms with van der Waals surface area (Å²) < 4.78 is 15.8. The Kier molecular flexibility index (Phi) is 5.38. The first-order valence-corrected chi connectivity index (χ1v) is 8.65. The molecule has 0 aliphatic rings. The highest BCUT2D eigenvalue weighted by Gasteiger charge is 2.18. The van der Waals surface area contributed by atoms with Crippen LogP contribution in [0.1, 0.15) is 10.4 Å². The van der Waals surface area contributed by atoms with Crippen LogP contribution in [0.5, 0.6) is 17.2 Å². The average molecular weight is 370 g/mol. The molecule has 7 heteroatoms. The van der Waals surface area contributed by atoms with E-state index < -0.39 is 0 Å². The van der Waals surface area contributed by atoms with E-state index in [4.69, 9.17) is 14.2 Å². The summed E-state index contributed by atoms with van der Waals surface area (Å²) >= 11 is 1.56. The number of amides is 1. The summed E-state index contributed by atoms with van der Waals surface area (Å²) in [6.07, 6.45) is 1.76. The van der Waals surface area contributed by atoms with Gasteiger partial charge in [-0.1, -0.05) is 0 Å². The Morgan fingerprint density at radius 3 is 2.19 bits per heavy atom. The molecule has 0 saturated carbocycles. The lowest BCUT2D eigenvalue weighted by Gasteiger charge is -2.14. The number of nitrogens with one attached hydrogen (secondary N) is 1. The van der Waals surface area contributed by atoms with Crippen LogP contribution in [0, 0.1) is 0 Å². The van der Waals surface area contributed by atoms with Crippen molar-refractivity contribution in [1.82, 2.24) is 4.98 Å². The molecule has 0 aliphatic carbocycles. The Bertz CT molecular complexity index is 893. The van der Waals surface area contributed by atoms with E-state index in [0.29, 0.717) is 28.5 Å². The minimum absolute atomic E-state index is 0.301. The molecule has 0 unspecified atom stereocenters. The van der Waals surface area contributed by atoms with E-state index in [-0.39, 0.29) is 5.91 Å². The number of hydrogen-bond acceptors (Lipinski definition) is 6. The van der Waals surface area contributed by atoms with Gasteiger partial charge in [-0.2, -0.15) is 0 Å². The molecule has 26 heavy (non-hydrogen) atoms. The van der Waals surface area contributed by atoms with Crippen molar-refractivity contribution in [1.29, 1.82) is 0 Å². The second-order valence-electron chi connectivity index (χ2n) is 5.28. The molecule has 0 fully saturated rings. The fraction of sp³-hybridized carbons (Fsp3) is 0.158. The Morgan fingerprint density at radius 2 is 1.62 bits per heavy atom. The molecule has 0 aliphatic heterocycles. The molecule has 1 amide bonds. The number of rotatable bonds is 6. The van der Waals surface area contributed by atoms with Gasteiger partial charge in [-0.05, 0) is 24.3 Å². The van der Waals surface area contributed by atoms with Crippen molar-refractivity contribution in [3.8, 4) is 27.8 Å². The van der Waals surface area contributed by atoms with Crippen LogP contribution in [0.4, 0.5) is 5.69 Å². The first-order chi connectivity index (χ1) is 12.7. The highest BCUT2D eigenvalue weighted by molar-refractivity contribution is 7.13. The zero-order valence-corrected chi connectivity index (χ0v) is 15.4. The van der Waals surface area contributed by atoms with Crippen molar-refractivity contribution in [2.75, 3.05) is 26.6 Å². The number of hydrogen-bond donors (Lipinski definition) is 1. The van der Waals surface area contributed by atoms with Crippen molar-refractivity contribution in [3.63, 3.8) is 0 Å². The van der Waals surface area contributed by atoms with Crippen LogP contribution in [-0.2, 0) is 0 Å². The Morgan fingerprint density at radius 1 is 0.962 bits per heavy atom. The molecular weight excluding hydrogens is 352 g/mol. The van der Waals surface area contributed by atoms with Crippen molar-refractivity contribution >= 4 is 22.9 Å². The summed E-state index contributed by atoms with van der Waals surface area (Å²) in [6.45, 7) is 0. The van der Waals surface area contributed by atoms with E-state index in [0.717, 1.165) is 10.6 Å². The van der Waals surface area contributed by atoms with Crippen LogP contribution in [0.2, 0.25) is 0 Å². The number of benzene rings is 2. The number of carbonyl (C=O) groups is 1. The first kappa shape index (κ1) is 17.8. The van der Waals surface area contributed by atoms with E-state index in [2.05, 4.69) is 10.3 Å². The number of anilines is 1. The topological polar surface area (TPSA) is 69.7 Å². The van der Waals surface area contributed by atoms with Gasteiger partial charge in [-0.15, -0.1) is 11.3 Å². The van der Waals surface area contributed by atoms with Crippen LogP contribution in [0.15, 0.2) is 48.0 Å². The van der Waals surface area contributed by atoms with Crippen LogP contribution < -0.4 is 19.5 Å². The zero-order valence-electron chi connectivity index (χ0n) is 14.6. The van der Waals surface area contributed by atoms with Crippen molar-refractivity contribution in [2.24, 2.45) is 0 Å². The lowest BCUT2D eigenvalue weighted by molar-refractivity contribution is 0.102. The average Bonchev–Trinajstić information content (AvgIpc) is 3.22. The maximum Gasteiger partial charge on any atom is 0.259 e. The zero-order chi connectivity index (χ0) is 18.5. The smallest absolute Gasteiger partial charge is 0.259 e. The number of carbonyl (C=O) groups excluding carboxylic acids is 1. The van der Waals surface area contributed by atoms with E-state index in [1.807, 2.05) is 29.6 Å². The lowest BCUT2D eigenvalue weighted by atomic mass is 10.1. The van der Waals surface area contributed by atoms with E-state index in [1.54, 1.807) is 29.7 Å². The van der Waals surface area contributed by atoms with Gasteiger partial charge in [0.05, 0.1) is 26.9 Å². The standard InChI is InChI=1S/C19H18N2O4S/c1-23-15-11-17(25-3)16(24-2)10-14(15)18(22)21-13-6-4-12(5-7-13)19-20-8-9-26-19/h4-11H,1-3H3,(H,21,22). The van der Waals surface area contributed by atoms with Crippen LogP contribution in [-0.4, -0.2) is 32.2 Å². The van der Waals surface area contributed by atoms with Gasteiger partial charge >= 0.3 is 0 Å². The molecule has 3 rings (SSSR count). The quantitative estimate of drug-likeness (QED) is 0.708. The van der Waals surface area contributed by atoms with Gasteiger partial charge in [0.2, 0.25) is 0 Å². The summed E-state index contributed by atoms with van der Waals surface area (Å²) in [5.74, 6) is 1.05. The summed E-state index contributed by atoms with van der Waals surface area (Å²) in [5.41, 5.74) is 2.03.